The van der Waals surface area contributed by atoms with Crippen LogP contribution in [0.1, 0.15) is 16.6 Å². The van der Waals surface area contributed by atoms with Crippen molar-refractivity contribution in [3.05, 3.63) is 48.0 Å². The van der Waals surface area contributed by atoms with E-state index in [2.05, 4.69) is 22.8 Å². The number of rotatable bonds is 5. The summed E-state index contributed by atoms with van der Waals surface area (Å²) in [6.45, 7) is -0.0876. The molecule has 0 unspecified atom stereocenters. The van der Waals surface area contributed by atoms with E-state index >= 15 is 0 Å². The Morgan fingerprint density at radius 2 is 1.96 bits per heavy atom. The molecule has 1 fully saturated rings. The first-order valence-electron chi connectivity index (χ1n) is 9.00. The molecular weight excluding hydrogens is 396 g/mol. The van der Waals surface area contributed by atoms with Crippen LogP contribution in [0.5, 0.6) is 11.5 Å². The molecule has 2 aromatic rings. The second-order valence-corrected chi connectivity index (χ2v) is 9.11. The third kappa shape index (κ3) is 4.74. The lowest BCUT2D eigenvalue weighted by molar-refractivity contribution is -0.119. The average molecular weight is 417 g/mol. The maximum atomic E-state index is 12.2. The molecule has 2 heterocycles. The molecule has 2 aromatic carbocycles. The molecule has 0 radical (unpaired) electrons. The molecule has 6 nitrogen and oxygen atoms in total. The van der Waals surface area contributed by atoms with Crippen molar-refractivity contribution in [2.45, 2.75) is 11.0 Å². The minimum absolute atomic E-state index is 0.00343. The molecule has 0 aromatic heterocycles. The van der Waals surface area contributed by atoms with Crippen LogP contribution in [-0.2, 0) is 9.59 Å². The van der Waals surface area contributed by atoms with Gasteiger partial charge in [-0.15, -0.1) is 23.5 Å². The van der Waals surface area contributed by atoms with Gasteiger partial charge in [0, 0.05) is 5.69 Å². The number of hydrogen-bond donors (Lipinski definition) is 2. The summed E-state index contributed by atoms with van der Waals surface area (Å²) < 4.78 is 11.4. The molecule has 1 saturated heterocycles. The van der Waals surface area contributed by atoms with E-state index in [1.807, 2.05) is 35.7 Å². The number of fused-ring (bicyclic) bond motifs is 1. The topological polar surface area (TPSA) is 76.7 Å². The summed E-state index contributed by atoms with van der Waals surface area (Å²) in [6.07, 6.45) is 1.27. The maximum absolute atomic E-state index is 12.2. The SMILES string of the molecule is O=C(COc1ccc(C2SCCCS2)cc1)Nc1ccc2c(c1)NC(=O)CO2. The van der Waals surface area contributed by atoms with Gasteiger partial charge < -0.3 is 20.1 Å². The Kier molecular flexibility index (Phi) is 5.97. The first-order chi connectivity index (χ1) is 13.7. The van der Waals surface area contributed by atoms with Crippen LogP contribution in [0, 0.1) is 0 Å². The number of amides is 2. The van der Waals surface area contributed by atoms with Crippen LogP contribution in [-0.4, -0.2) is 36.5 Å². The van der Waals surface area contributed by atoms with E-state index in [-0.39, 0.29) is 25.0 Å². The third-order valence-corrected chi connectivity index (χ3v) is 7.26. The van der Waals surface area contributed by atoms with Gasteiger partial charge in [0.2, 0.25) is 0 Å². The molecule has 2 N–H and O–H groups in total. The molecule has 2 amide bonds. The Balaban J connectivity index is 1.29. The fourth-order valence-corrected chi connectivity index (χ4v) is 5.80. The lowest BCUT2D eigenvalue weighted by atomic mass is 10.2. The highest BCUT2D eigenvalue weighted by Crippen LogP contribution is 2.43. The average Bonchev–Trinajstić information content (AvgIpc) is 2.73. The molecule has 0 atom stereocenters. The smallest absolute Gasteiger partial charge is 0.262 e. The quantitative estimate of drug-likeness (QED) is 0.770. The monoisotopic (exact) mass is 416 g/mol. The summed E-state index contributed by atoms with van der Waals surface area (Å²) in [5, 5.41) is 5.48. The summed E-state index contributed by atoms with van der Waals surface area (Å²) in [7, 11) is 0. The predicted molar refractivity (Wildman–Crippen MR) is 113 cm³/mol. The number of hydrogen-bond acceptors (Lipinski definition) is 6. The number of carbonyl (C=O) groups is 2. The Hall–Kier alpha value is -2.32. The summed E-state index contributed by atoms with van der Waals surface area (Å²) in [4.78, 5) is 23.6. The van der Waals surface area contributed by atoms with E-state index in [4.69, 9.17) is 9.47 Å². The van der Waals surface area contributed by atoms with Crippen molar-refractivity contribution in [2.75, 3.05) is 35.4 Å². The highest BCUT2D eigenvalue weighted by molar-refractivity contribution is 8.16. The molecule has 8 heteroatoms. The zero-order chi connectivity index (χ0) is 19.3. The van der Waals surface area contributed by atoms with E-state index in [1.165, 1.54) is 23.5 Å². The van der Waals surface area contributed by atoms with Gasteiger partial charge in [-0.2, -0.15) is 0 Å². The van der Waals surface area contributed by atoms with E-state index in [0.29, 0.717) is 27.5 Å². The van der Waals surface area contributed by atoms with Gasteiger partial charge in [-0.3, -0.25) is 9.59 Å². The summed E-state index contributed by atoms with van der Waals surface area (Å²) in [6, 6.07) is 13.0. The Morgan fingerprint density at radius 1 is 1.18 bits per heavy atom. The second-order valence-electron chi connectivity index (χ2n) is 6.38. The van der Waals surface area contributed by atoms with Gasteiger partial charge in [-0.25, -0.2) is 0 Å². The standard InChI is InChI=1S/C20H20N2O4S2/c23-18(21-14-4-7-17-16(10-14)22-19(24)12-26-17)11-25-15-5-2-13(3-6-15)20-27-8-1-9-28-20/h2-7,10,20H,1,8-9,11-12H2,(H,21,23)(H,22,24). The van der Waals surface area contributed by atoms with Gasteiger partial charge in [0.05, 0.1) is 10.3 Å². The van der Waals surface area contributed by atoms with Crippen LogP contribution < -0.4 is 20.1 Å². The number of carbonyl (C=O) groups excluding carboxylic acids is 2. The summed E-state index contributed by atoms with van der Waals surface area (Å²) in [5.41, 5.74) is 2.40. The molecule has 0 saturated carbocycles. The molecule has 0 aliphatic carbocycles. The molecule has 0 bridgehead atoms. The Bertz CT molecular complexity index is 867. The van der Waals surface area contributed by atoms with Gasteiger partial charge in [0.25, 0.3) is 11.8 Å². The number of benzene rings is 2. The first kappa shape index (κ1) is 19.0. The molecule has 28 heavy (non-hydrogen) atoms. The lowest BCUT2D eigenvalue weighted by Crippen LogP contribution is -2.25. The molecule has 146 valence electrons. The van der Waals surface area contributed by atoms with Crippen molar-refractivity contribution in [3.8, 4) is 11.5 Å². The van der Waals surface area contributed by atoms with Gasteiger partial charge in [-0.1, -0.05) is 12.1 Å². The van der Waals surface area contributed by atoms with Crippen LogP contribution in [0.4, 0.5) is 11.4 Å². The number of ether oxygens (including phenoxy) is 2. The van der Waals surface area contributed by atoms with Crippen LogP contribution in [0.2, 0.25) is 0 Å². The van der Waals surface area contributed by atoms with E-state index in [1.54, 1.807) is 18.2 Å². The Labute approximate surface area is 171 Å². The molecule has 4 rings (SSSR count). The number of nitrogens with one attached hydrogen (secondary N) is 2. The van der Waals surface area contributed by atoms with Gasteiger partial charge in [0.1, 0.15) is 11.5 Å². The van der Waals surface area contributed by atoms with Crippen molar-refractivity contribution in [1.29, 1.82) is 0 Å². The van der Waals surface area contributed by atoms with Crippen LogP contribution in [0.25, 0.3) is 0 Å². The van der Waals surface area contributed by atoms with Crippen molar-refractivity contribution in [1.82, 2.24) is 0 Å². The largest absolute Gasteiger partial charge is 0.484 e. The molecule has 2 aliphatic heterocycles. The van der Waals surface area contributed by atoms with Gasteiger partial charge >= 0.3 is 0 Å². The van der Waals surface area contributed by atoms with Crippen molar-refractivity contribution < 1.29 is 19.1 Å². The van der Waals surface area contributed by atoms with Gasteiger partial charge in [0.15, 0.2) is 13.2 Å². The zero-order valence-electron chi connectivity index (χ0n) is 15.1. The first-order valence-corrected chi connectivity index (χ1v) is 11.1. The predicted octanol–water partition coefficient (Wildman–Crippen LogP) is 3.90. The van der Waals surface area contributed by atoms with Crippen molar-refractivity contribution in [3.63, 3.8) is 0 Å². The number of thioether (sulfide) groups is 2. The maximum Gasteiger partial charge on any atom is 0.262 e. The Morgan fingerprint density at radius 3 is 2.75 bits per heavy atom. The van der Waals surface area contributed by atoms with Crippen LogP contribution in [0.3, 0.4) is 0 Å². The van der Waals surface area contributed by atoms with Crippen molar-refractivity contribution >= 4 is 46.7 Å². The minimum Gasteiger partial charge on any atom is -0.484 e. The fourth-order valence-electron chi connectivity index (χ4n) is 2.91. The van der Waals surface area contributed by atoms with Gasteiger partial charge in [-0.05, 0) is 53.8 Å². The second kappa shape index (κ2) is 8.79. The van der Waals surface area contributed by atoms with E-state index < -0.39 is 0 Å². The summed E-state index contributed by atoms with van der Waals surface area (Å²) in [5.74, 6) is 3.17. The third-order valence-electron chi connectivity index (χ3n) is 4.25. The molecule has 2 aliphatic rings. The minimum atomic E-state index is -0.273. The summed E-state index contributed by atoms with van der Waals surface area (Å²) >= 11 is 3.95. The van der Waals surface area contributed by atoms with Crippen LogP contribution >= 0.6 is 23.5 Å². The van der Waals surface area contributed by atoms with E-state index in [0.717, 1.165) is 0 Å². The highest BCUT2D eigenvalue weighted by atomic mass is 32.2. The fraction of sp³-hybridized carbons (Fsp3) is 0.300. The molecular formula is C20H20N2O4S2. The van der Waals surface area contributed by atoms with Crippen molar-refractivity contribution in [2.24, 2.45) is 0 Å². The lowest BCUT2D eigenvalue weighted by Gasteiger charge is -2.21. The number of anilines is 2. The van der Waals surface area contributed by atoms with E-state index in [9.17, 15) is 9.59 Å². The molecule has 0 spiro atoms. The zero-order valence-corrected chi connectivity index (χ0v) is 16.7. The highest BCUT2D eigenvalue weighted by Gasteiger charge is 2.17. The normalized spacial score (nSPS) is 16.5. The van der Waals surface area contributed by atoms with Crippen LogP contribution in [0.15, 0.2) is 42.5 Å².